The molecule has 0 aliphatic heterocycles. The summed E-state index contributed by atoms with van der Waals surface area (Å²) >= 11 is 0. The predicted octanol–water partition coefficient (Wildman–Crippen LogP) is -3.84. The van der Waals surface area contributed by atoms with Gasteiger partial charge in [-0.05, 0) is 6.92 Å². The molecule has 0 aliphatic carbocycles. The minimum absolute atomic E-state index is 0.0680. The molecule has 0 saturated carbocycles. The maximum Gasteiger partial charge on any atom is 0.326 e. The maximum atomic E-state index is 12.9. The Bertz CT molecular complexity index is 948. The lowest BCUT2D eigenvalue weighted by Gasteiger charge is -2.26. The van der Waals surface area contributed by atoms with E-state index in [1.807, 2.05) is 0 Å². The summed E-state index contributed by atoms with van der Waals surface area (Å²) in [5, 5.41) is 35.6. The molecular weight excluding hydrogens is 452 g/mol. The molecule has 0 saturated heterocycles. The van der Waals surface area contributed by atoms with Crippen molar-refractivity contribution in [3.8, 4) is 0 Å². The van der Waals surface area contributed by atoms with Crippen LogP contribution in [0.3, 0.4) is 0 Å². The molecule has 0 bridgehead atoms. The monoisotopic (exact) mass is 480 g/mol. The van der Waals surface area contributed by atoms with Crippen molar-refractivity contribution in [2.45, 2.75) is 50.0 Å². The number of carbonyl (C=O) groups excluding carboxylic acids is 3. The molecule has 0 aliphatic rings. The molecule has 2 heterocycles. The first-order valence-corrected chi connectivity index (χ1v) is 10.2. The second-order valence-electron chi connectivity index (χ2n) is 7.54. The summed E-state index contributed by atoms with van der Waals surface area (Å²) in [6.45, 7) is 0.579. The number of nitrogens with zero attached hydrogens (tertiary/aromatic N) is 2. The van der Waals surface area contributed by atoms with E-state index in [2.05, 4.69) is 35.9 Å². The average Bonchev–Trinajstić information content (AvgIpc) is 3.49. The molecule has 15 heteroatoms. The zero-order valence-corrected chi connectivity index (χ0v) is 18.3. The van der Waals surface area contributed by atoms with Crippen molar-refractivity contribution in [1.29, 1.82) is 0 Å². The molecule has 3 amide bonds. The Morgan fingerprint density at radius 1 is 0.941 bits per heavy atom. The van der Waals surface area contributed by atoms with Gasteiger partial charge in [0.05, 0.1) is 25.4 Å². The number of carboxylic acid groups (broad SMARTS) is 1. The lowest BCUT2D eigenvalue weighted by molar-refractivity contribution is -0.143. The van der Waals surface area contributed by atoms with Crippen LogP contribution in [-0.4, -0.2) is 95.8 Å². The van der Waals surface area contributed by atoms with Crippen LogP contribution >= 0.6 is 0 Å². The van der Waals surface area contributed by atoms with Crippen molar-refractivity contribution in [2.75, 3.05) is 6.61 Å². The van der Waals surface area contributed by atoms with Crippen LogP contribution in [0.5, 0.6) is 0 Å². The molecule has 0 fully saturated rings. The van der Waals surface area contributed by atoms with Crippen LogP contribution in [0.25, 0.3) is 0 Å². The second kappa shape index (κ2) is 12.4. The van der Waals surface area contributed by atoms with Crippen LogP contribution in [0.15, 0.2) is 25.0 Å². The van der Waals surface area contributed by atoms with E-state index < -0.39 is 60.6 Å². The van der Waals surface area contributed by atoms with Crippen LogP contribution in [0, 0.1) is 0 Å². The van der Waals surface area contributed by atoms with Crippen molar-refractivity contribution in [3.63, 3.8) is 0 Å². The Balaban J connectivity index is 2.13. The molecule has 0 spiro atoms. The highest BCUT2D eigenvalue weighted by Gasteiger charge is 2.33. The first kappa shape index (κ1) is 26.4. The fourth-order valence-corrected chi connectivity index (χ4v) is 2.92. The van der Waals surface area contributed by atoms with Crippen molar-refractivity contribution < 1.29 is 34.5 Å². The third kappa shape index (κ3) is 7.65. The van der Waals surface area contributed by atoms with Gasteiger partial charge in [0, 0.05) is 36.6 Å². The number of hydrogen-bond donors (Lipinski definition) is 9. The number of aliphatic hydroxyl groups is 2. The number of aliphatic hydroxyl groups excluding tert-OH is 2. The van der Waals surface area contributed by atoms with E-state index >= 15 is 0 Å². The summed E-state index contributed by atoms with van der Waals surface area (Å²) in [6.07, 6.45) is 3.95. The highest BCUT2D eigenvalue weighted by atomic mass is 16.4. The van der Waals surface area contributed by atoms with Crippen LogP contribution in [0.4, 0.5) is 0 Å². The molecule has 186 valence electrons. The summed E-state index contributed by atoms with van der Waals surface area (Å²) in [7, 11) is 0. The van der Waals surface area contributed by atoms with Crippen molar-refractivity contribution >= 4 is 23.7 Å². The smallest absolute Gasteiger partial charge is 0.326 e. The van der Waals surface area contributed by atoms with Gasteiger partial charge in [-0.25, -0.2) is 14.8 Å². The predicted molar refractivity (Wildman–Crippen MR) is 115 cm³/mol. The zero-order chi connectivity index (χ0) is 25.3. The number of carboxylic acids is 1. The standard InChI is InChI=1S/C19H28N8O7/c1-9(29)15(18(32)26-14(19(33)34)3-11-5-22-8-24-11)27-17(31)13(2-10-4-21-7-23-10)25-16(30)12(20)6-28/h4-5,7-9,12-15,28-29H,2-3,6,20H2,1H3,(H,21,23)(H,22,24)(H,25,30)(H,26,32)(H,27,31)(H,33,34)/t9-,12+,13+,14+,15+/m1/s1. The topological polar surface area (TPSA) is 248 Å². The van der Waals surface area contributed by atoms with Crippen LogP contribution in [0.1, 0.15) is 18.3 Å². The minimum atomic E-state index is -1.54. The van der Waals surface area contributed by atoms with Crippen LogP contribution < -0.4 is 21.7 Å². The number of imidazole rings is 2. The molecular formula is C19H28N8O7. The lowest BCUT2D eigenvalue weighted by Crippen LogP contribution is -2.60. The average molecular weight is 480 g/mol. The van der Waals surface area contributed by atoms with Gasteiger partial charge in [-0.1, -0.05) is 0 Å². The number of hydrogen-bond acceptors (Lipinski definition) is 9. The van der Waals surface area contributed by atoms with E-state index in [0.29, 0.717) is 11.4 Å². The van der Waals surface area contributed by atoms with Crippen LogP contribution in [-0.2, 0) is 32.0 Å². The Labute approximate surface area is 193 Å². The number of carbonyl (C=O) groups is 4. The summed E-state index contributed by atoms with van der Waals surface area (Å²) < 4.78 is 0. The highest BCUT2D eigenvalue weighted by molar-refractivity contribution is 5.94. The normalized spacial score (nSPS) is 15.4. The van der Waals surface area contributed by atoms with Gasteiger partial charge in [0.25, 0.3) is 0 Å². The molecule has 34 heavy (non-hydrogen) atoms. The van der Waals surface area contributed by atoms with Gasteiger partial charge in [-0.2, -0.15) is 0 Å². The molecule has 2 aromatic rings. The lowest BCUT2D eigenvalue weighted by atomic mass is 10.1. The molecule has 10 N–H and O–H groups in total. The number of aromatic amines is 2. The fourth-order valence-electron chi connectivity index (χ4n) is 2.92. The fraction of sp³-hybridized carbons (Fsp3) is 0.474. The van der Waals surface area contributed by atoms with Gasteiger partial charge in [-0.15, -0.1) is 0 Å². The number of aliphatic carboxylic acids is 1. The van der Waals surface area contributed by atoms with Crippen molar-refractivity contribution in [3.05, 3.63) is 36.4 Å². The second-order valence-corrected chi connectivity index (χ2v) is 7.54. The van der Waals surface area contributed by atoms with Crippen molar-refractivity contribution in [2.24, 2.45) is 5.73 Å². The minimum Gasteiger partial charge on any atom is -0.480 e. The zero-order valence-electron chi connectivity index (χ0n) is 18.3. The van der Waals surface area contributed by atoms with E-state index in [-0.39, 0.29) is 12.8 Å². The van der Waals surface area contributed by atoms with Crippen molar-refractivity contribution in [1.82, 2.24) is 35.9 Å². The van der Waals surface area contributed by atoms with Gasteiger partial charge >= 0.3 is 5.97 Å². The number of nitrogens with one attached hydrogen (secondary N) is 5. The summed E-state index contributed by atoms with van der Waals surface area (Å²) in [4.78, 5) is 62.5. The quantitative estimate of drug-likeness (QED) is 0.135. The maximum absolute atomic E-state index is 12.9. The summed E-state index contributed by atoms with van der Waals surface area (Å²) in [5.41, 5.74) is 6.42. The summed E-state index contributed by atoms with van der Waals surface area (Å²) in [6, 6.07) is -5.44. The third-order valence-corrected chi connectivity index (χ3v) is 4.80. The Morgan fingerprint density at radius 2 is 1.47 bits per heavy atom. The number of rotatable bonds is 13. The molecule has 0 unspecified atom stereocenters. The third-order valence-electron chi connectivity index (χ3n) is 4.80. The Hall–Kier alpha value is -3.82. The molecule has 0 aromatic carbocycles. The number of amides is 3. The van der Waals surface area contributed by atoms with E-state index in [4.69, 9.17) is 10.8 Å². The van der Waals surface area contributed by atoms with Gasteiger partial charge in [0.1, 0.15) is 24.2 Å². The number of nitrogens with two attached hydrogens (primary N) is 1. The van der Waals surface area contributed by atoms with Gasteiger partial charge in [-0.3, -0.25) is 14.4 Å². The van der Waals surface area contributed by atoms with E-state index in [9.17, 15) is 29.4 Å². The van der Waals surface area contributed by atoms with Gasteiger partial charge < -0.3 is 47.0 Å². The van der Waals surface area contributed by atoms with Gasteiger partial charge in [0.2, 0.25) is 17.7 Å². The number of H-pyrrole nitrogens is 2. The van der Waals surface area contributed by atoms with Gasteiger partial charge in [0.15, 0.2) is 0 Å². The SMILES string of the molecule is C[C@@H](O)[C@H](NC(=O)[C@H](Cc1cnc[nH]1)NC(=O)[C@@H](N)CO)C(=O)N[C@@H](Cc1cnc[nH]1)C(=O)O. The highest BCUT2D eigenvalue weighted by Crippen LogP contribution is 2.04. The van der Waals surface area contributed by atoms with E-state index in [0.717, 1.165) is 0 Å². The number of aromatic nitrogens is 4. The molecule has 2 aromatic heterocycles. The largest absolute Gasteiger partial charge is 0.480 e. The van der Waals surface area contributed by atoms with E-state index in [1.165, 1.54) is 32.0 Å². The summed E-state index contributed by atoms with van der Waals surface area (Å²) in [5.74, 6) is -3.95. The molecule has 15 nitrogen and oxygen atoms in total. The molecule has 2 rings (SSSR count). The van der Waals surface area contributed by atoms with Crippen LogP contribution in [0.2, 0.25) is 0 Å². The molecule has 0 radical (unpaired) electrons. The molecule has 5 atom stereocenters. The first-order chi connectivity index (χ1) is 16.1. The first-order valence-electron chi connectivity index (χ1n) is 10.2. The van der Waals surface area contributed by atoms with E-state index in [1.54, 1.807) is 0 Å². The Morgan fingerprint density at radius 3 is 1.91 bits per heavy atom. The Kier molecular flexibility index (Phi) is 9.66.